The molecule has 0 saturated heterocycles. The Bertz CT molecular complexity index is 2320. The van der Waals surface area contributed by atoms with Gasteiger partial charge >= 0.3 is 0 Å². The van der Waals surface area contributed by atoms with Crippen LogP contribution in [0.15, 0.2) is 106 Å². The fourth-order valence-electron chi connectivity index (χ4n) is 9.53. The van der Waals surface area contributed by atoms with Gasteiger partial charge in [0.25, 0.3) is 0 Å². The summed E-state index contributed by atoms with van der Waals surface area (Å²) in [6.45, 7) is 27.6. The Labute approximate surface area is 330 Å². The minimum absolute atomic E-state index is 0.0980. The molecule has 2 aliphatic rings. The molecule has 280 valence electrons. The van der Waals surface area contributed by atoms with Crippen molar-refractivity contribution in [2.45, 2.75) is 104 Å². The summed E-state index contributed by atoms with van der Waals surface area (Å²) in [5.74, 6) is 3.84. The molecule has 0 bridgehead atoms. The molecule has 55 heavy (non-hydrogen) atoms. The Hall–Kier alpha value is -4.86. The Morgan fingerprint density at radius 2 is 0.818 bits per heavy atom. The molecule has 2 unspecified atom stereocenters. The number of furan rings is 2. The zero-order valence-electron chi connectivity index (χ0n) is 34.9. The minimum Gasteiger partial charge on any atom is -0.462 e. The van der Waals surface area contributed by atoms with E-state index in [-0.39, 0.29) is 21.9 Å². The van der Waals surface area contributed by atoms with Gasteiger partial charge in [-0.2, -0.15) is 0 Å². The van der Waals surface area contributed by atoms with E-state index in [2.05, 4.69) is 192 Å². The van der Waals surface area contributed by atoms with Gasteiger partial charge in [-0.25, -0.2) is 0 Å². The normalized spacial score (nSPS) is 16.9. The van der Waals surface area contributed by atoms with Crippen molar-refractivity contribution in [1.29, 1.82) is 0 Å². The Morgan fingerprint density at radius 3 is 1.13 bits per heavy atom. The maximum atomic E-state index is 6.55. The molecular formula is C52H56O2Si. The van der Waals surface area contributed by atoms with Crippen LogP contribution in [0.25, 0.3) is 45.6 Å². The first-order valence-corrected chi connectivity index (χ1v) is 23.1. The third-order valence-corrected chi connectivity index (χ3v) is 16.7. The van der Waals surface area contributed by atoms with Crippen molar-refractivity contribution in [3.8, 4) is 22.3 Å². The van der Waals surface area contributed by atoms with Crippen molar-refractivity contribution in [2.75, 3.05) is 0 Å². The summed E-state index contributed by atoms with van der Waals surface area (Å²) in [6, 6.07) is 36.7. The van der Waals surface area contributed by atoms with E-state index in [1.54, 1.807) is 0 Å². The molecule has 0 aliphatic heterocycles. The maximum Gasteiger partial charge on any atom is 0.130 e. The van der Waals surface area contributed by atoms with Crippen LogP contribution in [0.1, 0.15) is 120 Å². The number of aryl methyl sites for hydroxylation is 4. The fraction of sp³-hybridized carbons (Fsp3) is 0.308. The van der Waals surface area contributed by atoms with E-state index < -0.39 is 8.07 Å². The Balaban J connectivity index is 1.33. The summed E-state index contributed by atoms with van der Waals surface area (Å²) < 4.78 is 13.1. The molecule has 0 fully saturated rings. The molecule has 0 radical (unpaired) electrons. The van der Waals surface area contributed by atoms with Crippen molar-refractivity contribution in [2.24, 2.45) is 0 Å². The lowest BCUT2D eigenvalue weighted by Crippen LogP contribution is -2.42. The zero-order chi connectivity index (χ0) is 39.2. The van der Waals surface area contributed by atoms with Gasteiger partial charge in [0.15, 0.2) is 0 Å². The second-order valence-corrected chi connectivity index (χ2v) is 23.7. The third kappa shape index (κ3) is 6.35. The summed E-state index contributed by atoms with van der Waals surface area (Å²) in [5, 5.41) is 0. The largest absolute Gasteiger partial charge is 0.462 e. The lowest BCUT2D eigenvalue weighted by atomic mass is 9.85. The predicted octanol–water partition coefficient (Wildman–Crippen LogP) is 14.8. The Kier molecular flexibility index (Phi) is 8.85. The fourth-order valence-corrected chi connectivity index (χ4v) is 14.0. The molecule has 0 saturated carbocycles. The molecule has 2 heterocycles. The molecule has 0 N–H and O–H groups in total. The highest BCUT2D eigenvalue weighted by molar-refractivity contribution is 6.84. The van der Waals surface area contributed by atoms with Gasteiger partial charge < -0.3 is 8.83 Å². The van der Waals surface area contributed by atoms with E-state index >= 15 is 0 Å². The van der Waals surface area contributed by atoms with Crippen LogP contribution < -0.4 is 0 Å². The average molecular weight is 741 g/mol. The van der Waals surface area contributed by atoms with E-state index in [1.165, 1.54) is 77.9 Å². The maximum absolute atomic E-state index is 6.55. The monoisotopic (exact) mass is 740 g/mol. The summed E-state index contributed by atoms with van der Waals surface area (Å²) in [4.78, 5) is 0. The molecule has 3 heteroatoms. The second kappa shape index (κ2) is 13.1. The first-order valence-electron chi connectivity index (χ1n) is 20.0. The van der Waals surface area contributed by atoms with Gasteiger partial charge in [-0.3, -0.25) is 0 Å². The van der Waals surface area contributed by atoms with Gasteiger partial charge in [0.1, 0.15) is 23.0 Å². The number of benzene rings is 4. The zero-order valence-corrected chi connectivity index (χ0v) is 35.9. The molecule has 0 spiro atoms. The van der Waals surface area contributed by atoms with Gasteiger partial charge in [-0.1, -0.05) is 127 Å². The number of allylic oxidation sites excluding steroid dienone is 2. The molecule has 2 atom stereocenters. The average Bonchev–Trinajstić information content (AvgIpc) is 3.92. The summed E-state index contributed by atoms with van der Waals surface area (Å²) >= 11 is 0. The van der Waals surface area contributed by atoms with Crippen molar-refractivity contribution in [3.63, 3.8) is 0 Å². The highest BCUT2D eigenvalue weighted by atomic mass is 28.3. The smallest absolute Gasteiger partial charge is 0.130 e. The van der Waals surface area contributed by atoms with Crippen LogP contribution in [0.5, 0.6) is 0 Å². The molecular weight excluding hydrogens is 685 g/mol. The van der Waals surface area contributed by atoms with Gasteiger partial charge in [0.2, 0.25) is 0 Å². The summed E-state index contributed by atoms with van der Waals surface area (Å²) in [6.07, 6.45) is 4.95. The topological polar surface area (TPSA) is 26.3 Å². The lowest BCUT2D eigenvalue weighted by molar-refractivity contribution is 0.519. The molecule has 6 aromatic rings. The minimum atomic E-state index is -2.42. The van der Waals surface area contributed by atoms with Crippen LogP contribution in [-0.4, -0.2) is 8.07 Å². The van der Waals surface area contributed by atoms with Crippen molar-refractivity contribution >= 4 is 31.4 Å². The van der Waals surface area contributed by atoms with Gasteiger partial charge in [-0.05, 0) is 142 Å². The number of hydrogen-bond donors (Lipinski definition) is 0. The van der Waals surface area contributed by atoms with Crippen LogP contribution in [0, 0.1) is 27.7 Å². The quantitative estimate of drug-likeness (QED) is 0.159. The van der Waals surface area contributed by atoms with E-state index in [9.17, 15) is 0 Å². The molecule has 2 aromatic heterocycles. The van der Waals surface area contributed by atoms with Crippen LogP contribution in [0.2, 0.25) is 13.1 Å². The molecule has 2 aliphatic carbocycles. The van der Waals surface area contributed by atoms with Gasteiger partial charge in [0.05, 0.1) is 8.07 Å². The highest BCUT2D eigenvalue weighted by Crippen LogP contribution is 2.59. The van der Waals surface area contributed by atoms with E-state index in [4.69, 9.17) is 8.83 Å². The first kappa shape index (κ1) is 37.1. The standard InChI is InChI=1S/C52H56O2Si/c1-31-13-25-39-41(47(31)35-17-21-37(22-18-35)51(5,6)7)29-43(45-27-15-33(3)53-45)49(39)55(11,12)50-40-26-14-32(2)48(36-19-23-38(24-20-36)52(8,9)10)42(40)30-44(50)46-28-16-34(4)54-46/h13-30,49-50H,1-12H3. The summed E-state index contributed by atoms with van der Waals surface area (Å²) in [5.41, 5.74) is 19.1. The molecule has 8 rings (SSSR count). The summed E-state index contributed by atoms with van der Waals surface area (Å²) in [7, 11) is -2.42. The van der Waals surface area contributed by atoms with Crippen molar-refractivity contribution in [3.05, 3.63) is 165 Å². The van der Waals surface area contributed by atoms with E-state index in [1.807, 2.05) is 0 Å². The van der Waals surface area contributed by atoms with Crippen LogP contribution in [-0.2, 0) is 10.8 Å². The van der Waals surface area contributed by atoms with Crippen LogP contribution >= 0.6 is 0 Å². The number of fused-ring (bicyclic) bond motifs is 2. The molecule has 2 nitrogen and oxygen atoms in total. The highest BCUT2D eigenvalue weighted by Gasteiger charge is 2.50. The van der Waals surface area contributed by atoms with Crippen LogP contribution in [0.4, 0.5) is 0 Å². The predicted molar refractivity (Wildman–Crippen MR) is 236 cm³/mol. The number of hydrogen-bond acceptors (Lipinski definition) is 2. The second-order valence-electron chi connectivity index (χ2n) is 18.9. The van der Waals surface area contributed by atoms with Gasteiger partial charge in [0, 0.05) is 22.2 Å². The lowest BCUT2D eigenvalue weighted by Gasteiger charge is -2.39. The molecule has 4 aromatic carbocycles. The SMILES string of the molecule is Cc1ccc(C2=Cc3c(ccc(C)c3-c3ccc(C(C)(C)C)cc3)C2[Si](C)(C)C2C(c3ccc(C)o3)=Cc3c2ccc(C)c3-c2ccc(C(C)(C)C)cc2)o1. The first-order chi connectivity index (χ1) is 25.9. The van der Waals surface area contributed by atoms with E-state index in [0.717, 1.165) is 23.0 Å². The van der Waals surface area contributed by atoms with E-state index in [0.29, 0.717) is 0 Å². The van der Waals surface area contributed by atoms with Crippen molar-refractivity contribution < 1.29 is 8.83 Å². The Morgan fingerprint density at radius 1 is 0.455 bits per heavy atom. The molecule has 0 amide bonds. The van der Waals surface area contributed by atoms with Crippen LogP contribution in [0.3, 0.4) is 0 Å². The number of rotatable bonds is 6. The van der Waals surface area contributed by atoms with Crippen molar-refractivity contribution in [1.82, 2.24) is 0 Å². The third-order valence-electron chi connectivity index (χ3n) is 12.4. The van der Waals surface area contributed by atoms with Gasteiger partial charge in [-0.15, -0.1) is 0 Å².